The van der Waals surface area contributed by atoms with Crippen LogP contribution in [0.15, 0.2) is 18.3 Å². The Hall–Kier alpha value is -2.90. The predicted octanol–water partition coefficient (Wildman–Crippen LogP) is 0.549. The number of pyridine rings is 1. The van der Waals surface area contributed by atoms with Gasteiger partial charge in [-0.2, -0.15) is 5.10 Å². The molecule has 1 fully saturated rings. The molecule has 1 aliphatic rings. The normalized spacial score (nSPS) is 14.4. The lowest BCUT2D eigenvalue weighted by molar-refractivity contribution is -0.120. The summed E-state index contributed by atoms with van der Waals surface area (Å²) in [5.41, 5.74) is 3.44. The van der Waals surface area contributed by atoms with E-state index in [9.17, 15) is 9.59 Å². The molecule has 1 saturated heterocycles. The number of aromatic nitrogens is 3. The van der Waals surface area contributed by atoms with Gasteiger partial charge in [0, 0.05) is 31.4 Å². The average molecular weight is 342 g/mol. The Morgan fingerprint density at radius 1 is 1.36 bits per heavy atom. The van der Waals surface area contributed by atoms with Crippen LogP contribution in [-0.4, -0.2) is 46.2 Å². The Morgan fingerprint density at radius 3 is 2.76 bits per heavy atom. The van der Waals surface area contributed by atoms with E-state index in [1.54, 1.807) is 16.9 Å². The summed E-state index contributed by atoms with van der Waals surface area (Å²) in [4.78, 5) is 30.0. The maximum atomic E-state index is 12.3. The Balaban J connectivity index is 1.63. The molecule has 1 aliphatic heterocycles. The van der Waals surface area contributed by atoms with Gasteiger partial charge in [-0.15, -0.1) is 0 Å². The van der Waals surface area contributed by atoms with Crippen LogP contribution in [-0.2, 0) is 23.1 Å². The fourth-order valence-electron chi connectivity index (χ4n) is 2.92. The molecular weight excluding hydrogens is 320 g/mol. The number of hydrogen-bond acceptors (Lipinski definition) is 5. The van der Waals surface area contributed by atoms with Crippen molar-refractivity contribution in [2.45, 2.75) is 20.3 Å². The van der Waals surface area contributed by atoms with Crippen LogP contribution in [0, 0.1) is 13.8 Å². The van der Waals surface area contributed by atoms with Gasteiger partial charge in [-0.1, -0.05) is 0 Å². The highest BCUT2D eigenvalue weighted by Crippen LogP contribution is 2.17. The van der Waals surface area contributed by atoms with Gasteiger partial charge in [0.1, 0.15) is 5.82 Å². The van der Waals surface area contributed by atoms with Crippen molar-refractivity contribution >= 4 is 23.3 Å². The zero-order valence-electron chi connectivity index (χ0n) is 14.7. The fraction of sp³-hybridized carbons (Fsp3) is 0.412. The zero-order chi connectivity index (χ0) is 18.0. The third kappa shape index (κ3) is 3.78. The van der Waals surface area contributed by atoms with Crippen molar-refractivity contribution in [3.8, 4) is 0 Å². The first-order valence-electron chi connectivity index (χ1n) is 8.20. The molecular formula is C17H22N6O2. The number of nitrogens with one attached hydrogen (secondary N) is 2. The molecule has 0 aromatic carbocycles. The average Bonchev–Trinajstić information content (AvgIpc) is 2.82. The van der Waals surface area contributed by atoms with Gasteiger partial charge in [0.25, 0.3) is 0 Å². The predicted molar refractivity (Wildman–Crippen MR) is 94.5 cm³/mol. The van der Waals surface area contributed by atoms with Crippen LogP contribution in [0.2, 0.25) is 0 Å². The van der Waals surface area contributed by atoms with Crippen molar-refractivity contribution in [3.05, 3.63) is 35.3 Å². The summed E-state index contributed by atoms with van der Waals surface area (Å²) in [5.74, 6) is 0.616. The number of piperazine rings is 1. The van der Waals surface area contributed by atoms with Crippen LogP contribution in [0.5, 0.6) is 0 Å². The molecule has 3 rings (SSSR count). The summed E-state index contributed by atoms with van der Waals surface area (Å²) in [5, 5.41) is 9.96. The molecule has 2 N–H and O–H groups in total. The van der Waals surface area contributed by atoms with E-state index in [1.165, 1.54) is 0 Å². The van der Waals surface area contributed by atoms with Crippen molar-refractivity contribution in [2.75, 3.05) is 29.9 Å². The van der Waals surface area contributed by atoms with Gasteiger partial charge in [-0.3, -0.25) is 14.3 Å². The number of nitrogens with zero attached hydrogens (tertiary/aromatic N) is 4. The Morgan fingerprint density at radius 2 is 2.16 bits per heavy atom. The number of carbonyl (C=O) groups is 2. The van der Waals surface area contributed by atoms with Crippen LogP contribution < -0.4 is 15.5 Å². The summed E-state index contributed by atoms with van der Waals surface area (Å²) < 4.78 is 1.78. The van der Waals surface area contributed by atoms with Gasteiger partial charge < -0.3 is 15.5 Å². The van der Waals surface area contributed by atoms with Crippen molar-refractivity contribution in [1.29, 1.82) is 0 Å². The molecule has 132 valence electrons. The van der Waals surface area contributed by atoms with Crippen molar-refractivity contribution in [2.24, 2.45) is 7.05 Å². The Kier molecular flexibility index (Phi) is 4.69. The second kappa shape index (κ2) is 6.92. The van der Waals surface area contributed by atoms with Crippen molar-refractivity contribution < 1.29 is 9.59 Å². The zero-order valence-corrected chi connectivity index (χ0v) is 14.7. The molecule has 8 nitrogen and oxygen atoms in total. The minimum atomic E-state index is -0.105. The number of aryl methyl sites for hydroxylation is 2. The van der Waals surface area contributed by atoms with Crippen LogP contribution in [0.1, 0.15) is 17.0 Å². The largest absolute Gasteiger partial charge is 0.353 e. The van der Waals surface area contributed by atoms with E-state index in [4.69, 9.17) is 0 Å². The highest BCUT2D eigenvalue weighted by molar-refractivity contribution is 5.92. The highest BCUT2D eigenvalue weighted by atomic mass is 16.2. The maximum Gasteiger partial charge on any atom is 0.239 e. The van der Waals surface area contributed by atoms with E-state index in [2.05, 4.69) is 20.7 Å². The highest BCUT2D eigenvalue weighted by Gasteiger charge is 2.18. The summed E-state index contributed by atoms with van der Waals surface area (Å²) in [6.45, 7) is 5.50. The molecule has 0 aliphatic carbocycles. The summed E-state index contributed by atoms with van der Waals surface area (Å²) >= 11 is 0. The number of amides is 2. The molecule has 3 heterocycles. The molecule has 2 amide bonds. The standard InChI is InChI=1S/C17H22N6O2/c1-11-14(12(2)22(3)21-11)8-16(24)20-13-4-5-15(19-9-13)23-7-6-18-17(25)10-23/h4-5,9H,6-8,10H2,1-3H3,(H,18,25)(H,20,24). The monoisotopic (exact) mass is 342 g/mol. The minimum absolute atomic E-state index is 0.00682. The SMILES string of the molecule is Cc1nn(C)c(C)c1CC(=O)Nc1ccc(N2CCNC(=O)C2)nc1. The third-order valence-corrected chi connectivity index (χ3v) is 4.39. The second-order valence-corrected chi connectivity index (χ2v) is 6.17. The maximum absolute atomic E-state index is 12.3. The second-order valence-electron chi connectivity index (χ2n) is 6.17. The Labute approximate surface area is 146 Å². The first-order chi connectivity index (χ1) is 11.9. The van der Waals surface area contributed by atoms with Crippen LogP contribution in [0.3, 0.4) is 0 Å². The van der Waals surface area contributed by atoms with Crippen LogP contribution in [0.4, 0.5) is 11.5 Å². The fourth-order valence-corrected chi connectivity index (χ4v) is 2.92. The molecule has 0 unspecified atom stereocenters. The van der Waals surface area contributed by atoms with E-state index in [-0.39, 0.29) is 18.2 Å². The lowest BCUT2D eigenvalue weighted by Crippen LogP contribution is -2.48. The third-order valence-electron chi connectivity index (χ3n) is 4.39. The number of hydrogen-bond donors (Lipinski definition) is 2. The van der Waals surface area contributed by atoms with Gasteiger partial charge in [0.05, 0.1) is 30.5 Å². The van der Waals surface area contributed by atoms with Gasteiger partial charge in [0.2, 0.25) is 11.8 Å². The van der Waals surface area contributed by atoms with Gasteiger partial charge in [-0.25, -0.2) is 4.98 Å². The van der Waals surface area contributed by atoms with E-state index in [0.717, 1.165) is 29.3 Å². The quantitative estimate of drug-likeness (QED) is 0.846. The summed E-state index contributed by atoms with van der Waals surface area (Å²) in [6.07, 6.45) is 1.89. The number of anilines is 2. The Bertz CT molecular complexity index is 796. The van der Waals surface area contributed by atoms with Gasteiger partial charge in [0.15, 0.2) is 0 Å². The topological polar surface area (TPSA) is 92.2 Å². The molecule has 2 aromatic rings. The molecule has 0 radical (unpaired) electrons. The first-order valence-corrected chi connectivity index (χ1v) is 8.20. The molecule has 0 atom stereocenters. The molecule has 2 aromatic heterocycles. The number of rotatable bonds is 4. The van der Waals surface area contributed by atoms with Crippen LogP contribution >= 0.6 is 0 Å². The number of carbonyl (C=O) groups excluding carboxylic acids is 2. The smallest absolute Gasteiger partial charge is 0.239 e. The lowest BCUT2D eigenvalue weighted by atomic mass is 10.1. The molecule has 0 spiro atoms. The minimum Gasteiger partial charge on any atom is -0.353 e. The molecule has 8 heteroatoms. The summed E-state index contributed by atoms with van der Waals surface area (Å²) in [6, 6.07) is 3.62. The first kappa shape index (κ1) is 16.9. The van der Waals surface area contributed by atoms with E-state index in [1.807, 2.05) is 31.9 Å². The molecule has 25 heavy (non-hydrogen) atoms. The van der Waals surface area contributed by atoms with Gasteiger partial charge >= 0.3 is 0 Å². The van der Waals surface area contributed by atoms with Gasteiger partial charge in [-0.05, 0) is 26.0 Å². The van der Waals surface area contributed by atoms with Crippen LogP contribution in [0.25, 0.3) is 0 Å². The lowest BCUT2D eigenvalue weighted by Gasteiger charge is -2.27. The van der Waals surface area contributed by atoms with E-state index < -0.39 is 0 Å². The van der Waals surface area contributed by atoms with Crippen molar-refractivity contribution in [3.63, 3.8) is 0 Å². The van der Waals surface area contributed by atoms with Crippen molar-refractivity contribution in [1.82, 2.24) is 20.1 Å². The van der Waals surface area contributed by atoms with E-state index in [0.29, 0.717) is 18.8 Å². The molecule has 0 saturated carbocycles. The molecule has 0 bridgehead atoms. The van der Waals surface area contributed by atoms with E-state index >= 15 is 0 Å². The summed E-state index contributed by atoms with van der Waals surface area (Å²) in [7, 11) is 1.87.